The summed E-state index contributed by atoms with van der Waals surface area (Å²) in [5.41, 5.74) is 2.15. The molecule has 3 aromatic rings. The van der Waals surface area contributed by atoms with E-state index in [0.717, 1.165) is 15.4 Å². The molecule has 0 aliphatic rings. The van der Waals surface area contributed by atoms with Gasteiger partial charge in [-0.3, -0.25) is 9.10 Å². The smallest absolute Gasteiger partial charge is 0.264 e. The molecule has 3 aromatic carbocycles. The molecule has 0 unspecified atom stereocenters. The number of hydrogen-bond donors (Lipinski definition) is 1. The van der Waals surface area contributed by atoms with Gasteiger partial charge in [-0.1, -0.05) is 24.3 Å². The third-order valence-electron chi connectivity index (χ3n) is 5.16. The highest BCUT2D eigenvalue weighted by Gasteiger charge is 2.28. The number of amides is 1. The van der Waals surface area contributed by atoms with Gasteiger partial charge in [0, 0.05) is 6.07 Å². The van der Waals surface area contributed by atoms with Gasteiger partial charge >= 0.3 is 0 Å². The van der Waals surface area contributed by atoms with Crippen LogP contribution < -0.4 is 23.8 Å². The number of carbonyl (C=O) groups excluding carboxylic acids is 1. The van der Waals surface area contributed by atoms with Crippen LogP contribution in [0.5, 0.6) is 17.2 Å². The van der Waals surface area contributed by atoms with E-state index in [1.807, 2.05) is 50.2 Å². The first-order valence-electron chi connectivity index (χ1n) is 11.0. The Bertz CT molecular complexity index is 1240. The molecule has 0 bridgehead atoms. The summed E-state index contributed by atoms with van der Waals surface area (Å²) in [4.78, 5) is 12.8. The number of ether oxygens (including phenoxy) is 3. The Hall–Kier alpha value is -3.72. The largest absolute Gasteiger partial charge is 0.493 e. The molecular weight excluding hydrogens is 468 g/mol. The number of anilines is 1. The lowest BCUT2D eigenvalue weighted by atomic mass is 10.1. The summed E-state index contributed by atoms with van der Waals surface area (Å²) in [5.74, 6) is 0.913. The van der Waals surface area contributed by atoms with E-state index in [0.29, 0.717) is 17.2 Å². The number of nitrogens with zero attached hydrogens (tertiary/aromatic N) is 1. The molecule has 0 aromatic heterocycles. The molecule has 1 amide bonds. The third-order valence-corrected chi connectivity index (χ3v) is 6.93. The second-order valence-electron chi connectivity index (χ2n) is 7.89. The predicted molar refractivity (Wildman–Crippen MR) is 135 cm³/mol. The van der Waals surface area contributed by atoms with Gasteiger partial charge in [0.15, 0.2) is 11.5 Å². The molecule has 0 aliphatic carbocycles. The summed E-state index contributed by atoms with van der Waals surface area (Å²) >= 11 is 0. The Balaban J connectivity index is 1.83. The van der Waals surface area contributed by atoms with E-state index in [4.69, 9.17) is 14.2 Å². The average molecular weight is 499 g/mol. The van der Waals surface area contributed by atoms with Crippen molar-refractivity contribution in [1.29, 1.82) is 0 Å². The molecule has 0 fully saturated rings. The van der Waals surface area contributed by atoms with Crippen LogP contribution in [0, 0.1) is 13.8 Å². The van der Waals surface area contributed by atoms with E-state index >= 15 is 0 Å². The molecular formula is C26H30N2O6S. The van der Waals surface area contributed by atoms with Gasteiger partial charge in [-0.25, -0.2) is 8.42 Å². The second-order valence-corrected chi connectivity index (χ2v) is 9.75. The van der Waals surface area contributed by atoms with E-state index in [9.17, 15) is 13.2 Å². The minimum atomic E-state index is -4.11. The van der Waals surface area contributed by atoms with Gasteiger partial charge in [0.25, 0.3) is 10.0 Å². The first kappa shape index (κ1) is 25.9. The highest BCUT2D eigenvalue weighted by molar-refractivity contribution is 7.92. The second kappa shape index (κ2) is 11.6. The first-order chi connectivity index (χ1) is 16.7. The average Bonchev–Trinajstić information content (AvgIpc) is 2.84. The van der Waals surface area contributed by atoms with Crippen molar-refractivity contribution in [1.82, 2.24) is 5.32 Å². The number of benzene rings is 3. The molecule has 0 saturated carbocycles. The summed E-state index contributed by atoms with van der Waals surface area (Å²) in [6.45, 7) is 3.83. The molecule has 0 radical (unpaired) electrons. The predicted octanol–water partition coefficient (Wildman–Crippen LogP) is 3.71. The monoisotopic (exact) mass is 498 g/mol. The number of para-hydroxylation sites is 1. The molecule has 0 spiro atoms. The fraction of sp³-hybridized carbons (Fsp3) is 0.269. The molecule has 35 heavy (non-hydrogen) atoms. The normalized spacial score (nSPS) is 11.0. The standard InChI is InChI=1S/C26H30N2O6S/c1-19-14-20(2)16-21(15-19)28(18-26(29)27-12-13-34-22-8-6-5-7-9-22)35(30,31)23-10-11-24(32-3)25(17-23)33-4/h5-11,14-17H,12-13,18H2,1-4H3,(H,27,29). The minimum absolute atomic E-state index is 0.0190. The van der Waals surface area contributed by atoms with Crippen LogP contribution in [0.1, 0.15) is 11.1 Å². The van der Waals surface area contributed by atoms with E-state index in [-0.39, 0.29) is 23.8 Å². The van der Waals surface area contributed by atoms with Crippen LogP contribution in [-0.4, -0.2) is 48.2 Å². The molecule has 9 heteroatoms. The first-order valence-corrected chi connectivity index (χ1v) is 12.5. The van der Waals surface area contributed by atoms with E-state index < -0.39 is 22.5 Å². The van der Waals surface area contributed by atoms with Crippen molar-refractivity contribution in [3.8, 4) is 17.2 Å². The number of methoxy groups -OCH3 is 2. The van der Waals surface area contributed by atoms with Gasteiger partial charge in [-0.05, 0) is 61.4 Å². The van der Waals surface area contributed by atoms with Crippen molar-refractivity contribution in [2.45, 2.75) is 18.7 Å². The number of carbonyl (C=O) groups is 1. The van der Waals surface area contributed by atoms with Crippen LogP contribution in [0.25, 0.3) is 0 Å². The van der Waals surface area contributed by atoms with Gasteiger partial charge < -0.3 is 19.5 Å². The highest BCUT2D eigenvalue weighted by Crippen LogP contribution is 2.32. The Morgan fingerprint density at radius 3 is 2.17 bits per heavy atom. The van der Waals surface area contributed by atoms with Gasteiger partial charge in [-0.15, -0.1) is 0 Å². The van der Waals surface area contributed by atoms with Crippen molar-refractivity contribution in [2.75, 3.05) is 38.2 Å². The number of aryl methyl sites for hydroxylation is 2. The lowest BCUT2D eigenvalue weighted by Gasteiger charge is -2.25. The Morgan fingerprint density at radius 2 is 1.54 bits per heavy atom. The molecule has 0 heterocycles. The quantitative estimate of drug-likeness (QED) is 0.405. The Labute approximate surface area is 206 Å². The topological polar surface area (TPSA) is 94.2 Å². The summed E-state index contributed by atoms with van der Waals surface area (Å²) in [6.07, 6.45) is 0. The van der Waals surface area contributed by atoms with Crippen LogP contribution in [0.4, 0.5) is 5.69 Å². The maximum absolute atomic E-state index is 13.7. The van der Waals surface area contributed by atoms with Crippen molar-refractivity contribution < 1.29 is 27.4 Å². The van der Waals surface area contributed by atoms with Crippen LogP contribution in [-0.2, 0) is 14.8 Å². The third kappa shape index (κ3) is 6.66. The van der Waals surface area contributed by atoms with Gasteiger partial charge in [-0.2, -0.15) is 0 Å². The SMILES string of the molecule is COc1ccc(S(=O)(=O)N(CC(=O)NCCOc2ccccc2)c2cc(C)cc(C)c2)cc1OC. The Kier molecular flexibility index (Phi) is 8.59. The summed E-state index contributed by atoms with van der Waals surface area (Å²) in [7, 11) is -1.20. The molecule has 3 rings (SSSR count). The molecule has 1 N–H and O–H groups in total. The van der Waals surface area contributed by atoms with E-state index in [1.54, 1.807) is 12.1 Å². The molecule has 186 valence electrons. The van der Waals surface area contributed by atoms with Gasteiger partial charge in [0.2, 0.25) is 5.91 Å². The zero-order chi connectivity index (χ0) is 25.4. The molecule has 0 atom stereocenters. The summed E-state index contributed by atoms with van der Waals surface area (Å²) in [5, 5.41) is 2.73. The lowest BCUT2D eigenvalue weighted by Crippen LogP contribution is -2.42. The lowest BCUT2D eigenvalue weighted by molar-refractivity contribution is -0.119. The molecule has 0 aliphatic heterocycles. The van der Waals surface area contributed by atoms with Crippen LogP contribution >= 0.6 is 0 Å². The molecule has 0 saturated heterocycles. The zero-order valence-electron chi connectivity index (χ0n) is 20.3. The van der Waals surface area contributed by atoms with E-state index in [1.165, 1.54) is 32.4 Å². The van der Waals surface area contributed by atoms with Crippen molar-refractivity contribution >= 4 is 21.6 Å². The minimum Gasteiger partial charge on any atom is -0.493 e. The van der Waals surface area contributed by atoms with E-state index in [2.05, 4.69) is 5.32 Å². The van der Waals surface area contributed by atoms with Crippen molar-refractivity contribution in [3.63, 3.8) is 0 Å². The number of rotatable bonds is 11. The summed E-state index contributed by atoms with van der Waals surface area (Å²) < 4.78 is 44.6. The fourth-order valence-corrected chi connectivity index (χ4v) is 5.00. The molecule has 8 nitrogen and oxygen atoms in total. The van der Waals surface area contributed by atoms with Crippen LogP contribution in [0.3, 0.4) is 0 Å². The van der Waals surface area contributed by atoms with Crippen molar-refractivity contribution in [3.05, 3.63) is 77.9 Å². The van der Waals surface area contributed by atoms with Crippen LogP contribution in [0.2, 0.25) is 0 Å². The van der Waals surface area contributed by atoms with Gasteiger partial charge in [0.05, 0.1) is 31.3 Å². The maximum atomic E-state index is 13.7. The fourth-order valence-electron chi connectivity index (χ4n) is 3.58. The van der Waals surface area contributed by atoms with Crippen molar-refractivity contribution in [2.24, 2.45) is 0 Å². The maximum Gasteiger partial charge on any atom is 0.264 e. The number of sulfonamides is 1. The Morgan fingerprint density at radius 1 is 0.886 bits per heavy atom. The number of hydrogen-bond acceptors (Lipinski definition) is 6. The van der Waals surface area contributed by atoms with Crippen LogP contribution in [0.15, 0.2) is 71.6 Å². The van der Waals surface area contributed by atoms with Gasteiger partial charge in [0.1, 0.15) is 18.9 Å². The zero-order valence-corrected chi connectivity index (χ0v) is 21.1. The highest BCUT2D eigenvalue weighted by atomic mass is 32.2. The summed E-state index contributed by atoms with van der Waals surface area (Å²) in [6, 6.07) is 19.0. The number of nitrogens with one attached hydrogen (secondary N) is 1.